The van der Waals surface area contributed by atoms with Crippen LogP contribution in [0.25, 0.3) is 0 Å². The van der Waals surface area contributed by atoms with Crippen LogP contribution in [0.1, 0.15) is 10.9 Å². The van der Waals surface area contributed by atoms with Crippen LogP contribution in [-0.4, -0.2) is 21.6 Å². The number of hydrogen-bond acceptors (Lipinski definition) is 5. The summed E-state index contributed by atoms with van der Waals surface area (Å²) in [6.45, 7) is 0. The Hall–Kier alpha value is -2.41. The molecule has 2 aromatic rings. The Balaban J connectivity index is 1.94. The Labute approximate surface area is 124 Å². The second kappa shape index (κ2) is 5.53. The molecule has 0 spiro atoms. The van der Waals surface area contributed by atoms with E-state index in [0.29, 0.717) is 11.4 Å². The molecule has 0 aliphatic carbocycles. The van der Waals surface area contributed by atoms with E-state index < -0.39 is 4.92 Å². The van der Waals surface area contributed by atoms with Crippen LogP contribution < -0.4 is 4.90 Å². The fourth-order valence-electron chi connectivity index (χ4n) is 2.21. The van der Waals surface area contributed by atoms with Crippen LogP contribution in [0.2, 0.25) is 0 Å². The van der Waals surface area contributed by atoms with Gasteiger partial charge in [-0.1, -0.05) is 6.07 Å². The van der Waals surface area contributed by atoms with Crippen molar-refractivity contribution in [2.45, 2.75) is 5.37 Å². The van der Waals surface area contributed by atoms with E-state index in [2.05, 4.69) is 4.98 Å². The van der Waals surface area contributed by atoms with Gasteiger partial charge in [0.2, 0.25) is 5.91 Å². The number of aromatic nitrogens is 1. The van der Waals surface area contributed by atoms with Crippen molar-refractivity contribution < 1.29 is 9.72 Å². The van der Waals surface area contributed by atoms with Crippen molar-refractivity contribution in [1.29, 1.82) is 0 Å². The van der Waals surface area contributed by atoms with Gasteiger partial charge in [-0.05, 0) is 18.2 Å². The predicted molar refractivity (Wildman–Crippen MR) is 80.0 cm³/mol. The normalized spacial score (nSPS) is 18.0. The van der Waals surface area contributed by atoms with Gasteiger partial charge in [-0.2, -0.15) is 0 Å². The molecule has 1 saturated heterocycles. The SMILES string of the molecule is O=C1CSC(c2cccnc2)N1c1ccc([N+](=O)[O-])cc1. The maximum Gasteiger partial charge on any atom is 0.269 e. The van der Waals surface area contributed by atoms with Crippen LogP contribution in [0.4, 0.5) is 11.4 Å². The Morgan fingerprint density at radius 2 is 2.05 bits per heavy atom. The Bertz CT molecular complexity index is 676. The molecule has 0 bridgehead atoms. The number of nitro groups is 1. The van der Waals surface area contributed by atoms with Crippen molar-refractivity contribution in [2.24, 2.45) is 0 Å². The van der Waals surface area contributed by atoms with E-state index in [1.807, 2.05) is 12.1 Å². The quantitative estimate of drug-likeness (QED) is 0.643. The molecule has 0 saturated carbocycles. The molecule has 7 heteroatoms. The molecule has 1 unspecified atom stereocenters. The highest BCUT2D eigenvalue weighted by Gasteiger charge is 2.34. The van der Waals surface area contributed by atoms with Crippen LogP contribution in [0.5, 0.6) is 0 Å². The lowest BCUT2D eigenvalue weighted by Gasteiger charge is -2.23. The lowest BCUT2D eigenvalue weighted by atomic mass is 10.2. The van der Waals surface area contributed by atoms with Gasteiger partial charge in [-0.15, -0.1) is 11.8 Å². The van der Waals surface area contributed by atoms with E-state index in [-0.39, 0.29) is 17.0 Å². The van der Waals surface area contributed by atoms with E-state index in [9.17, 15) is 14.9 Å². The Kier molecular flexibility index (Phi) is 3.57. The van der Waals surface area contributed by atoms with E-state index in [4.69, 9.17) is 0 Å². The van der Waals surface area contributed by atoms with Crippen molar-refractivity contribution in [3.8, 4) is 0 Å². The number of pyridine rings is 1. The maximum absolute atomic E-state index is 12.1. The van der Waals surface area contributed by atoms with E-state index >= 15 is 0 Å². The first-order valence-electron chi connectivity index (χ1n) is 6.25. The summed E-state index contributed by atoms with van der Waals surface area (Å²) in [6.07, 6.45) is 3.41. The molecule has 0 radical (unpaired) electrons. The summed E-state index contributed by atoms with van der Waals surface area (Å²) >= 11 is 1.52. The molecule has 6 nitrogen and oxygen atoms in total. The molecule has 1 fully saturated rings. The number of amides is 1. The highest BCUT2D eigenvalue weighted by molar-refractivity contribution is 8.00. The topological polar surface area (TPSA) is 76.3 Å². The summed E-state index contributed by atoms with van der Waals surface area (Å²) in [7, 11) is 0. The summed E-state index contributed by atoms with van der Waals surface area (Å²) in [5, 5.41) is 10.6. The average Bonchev–Trinajstić information content (AvgIpc) is 2.90. The number of nitro benzene ring substituents is 1. The van der Waals surface area contributed by atoms with Gasteiger partial charge >= 0.3 is 0 Å². The number of carbonyl (C=O) groups is 1. The molecule has 1 aromatic heterocycles. The molecule has 21 heavy (non-hydrogen) atoms. The Morgan fingerprint density at radius 3 is 2.67 bits per heavy atom. The smallest absolute Gasteiger partial charge is 0.269 e. The minimum absolute atomic E-state index is 0.0102. The summed E-state index contributed by atoms with van der Waals surface area (Å²) < 4.78 is 0. The van der Waals surface area contributed by atoms with Gasteiger partial charge in [0.05, 0.1) is 10.7 Å². The lowest BCUT2D eigenvalue weighted by Crippen LogP contribution is -2.27. The van der Waals surface area contributed by atoms with Crippen molar-refractivity contribution >= 4 is 29.0 Å². The van der Waals surface area contributed by atoms with Crippen molar-refractivity contribution in [2.75, 3.05) is 10.7 Å². The van der Waals surface area contributed by atoms with E-state index in [0.717, 1.165) is 5.56 Å². The number of rotatable bonds is 3. The number of benzene rings is 1. The van der Waals surface area contributed by atoms with Gasteiger partial charge in [0.25, 0.3) is 5.69 Å². The lowest BCUT2D eigenvalue weighted by molar-refractivity contribution is -0.384. The molecular weight excluding hydrogens is 290 g/mol. The van der Waals surface area contributed by atoms with Gasteiger partial charge in [-0.25, -0.2) is 0 Å². The van der Waals surface area contributed by atoms with Crippen LogP contribution in [-0.2, 0) is 4.79 Å². The molecule has 1 atom stereocenters. The zero-order valence-electron chi connectivity index (χ0n) is 10.9. The molecule has 1 aliphatic rings. The molecule has 106 valence electrons. The largest absolute Gasteiger partial charge is 0.295 e. The third kappa shape index (κ3) is 2.59. The average molecular weight is 301 g/mol. The first-order valence-corrected chi connectivity index (χ1v) is 7.30. The van der Waals surface area contributed by atoms with Gasteiger partial charge in [0.1, 0.15) is 5.37 Å². The summed E-state index contributed by atoms with van der Waals surface area (Å²) in [6, 6.07) is 9.77. The summed E-state index contributed by atoms with van der Waals surface area (Å²) in [4.78, 5) is 28.1. The molecule has 3 rings (SSSR count). The van der Waals surface area contributed by atoms with Crippen LogP contribution in [0, 0.1) is 10.1 Å². The van der Waals surface area contributed by atoms with Crippen LogP contribution in [0.3, 0.4) is 0 Å². The fourth-order valence-corrected chi connectivity index (χ4v) is 3.37. The Morgan fingerprint density at radius 1 is 1.29 bits per heavy atom. The van der Waals surface area contributed by atoms with Crippen molar-refractivity contribution in [1.82, 2.24) is 4.98 Å². The minimum atomic E-state index is -0.455. The minimum Gasteiger partial charge on any atom is -0.295 e. The highest BCUT2D eigenvalue weighted by Crippen LogP contribution is 2.41. The van der Waals surface area contributed by atoms with Gasteiger partial charge in [0, 0.05) is 35.8 Å². The number of thioether (sulfide) groups is 1. The molecule has 2 heterocycles. The van der Waals surface area contributed by atoms with Gasteiger partial charge < -0.3 is 0 Å². The summed E-state index contributed by atoms with van der Waals surface area (Å²) in [5.41, 5.74) is 1.60. The van der Waals surface area contributed by atoms with Gasteiger partial charge in [0.15, 0.2) is 0 Å². The molecular formula is C14H11N3O3S. The summed E-state index contributed by atoms with van der Waals surface area (Å²) in [5.74, 6) is 0.374. The van der Waals surface area contributed by atoms with Crippen LogP contribution >= 0.6 is 11.8 Å². The number of non-ortho nitro benzene ring substituents is 1. The molecule has 1 amide bonds. The fraction of sp³-hybridized carbons (Fsp3) is 0.143. The number of hydrogen-bond donors (Lipinski definition) is 0. The second-order valence-electron chi connectivity index (χ2n) is 4.49. The standard InChI is InChI=1S/C14H11N3O3S/c18-13-9-21-14(10-2-1-7-15-8-10)16(13)11-3-5-12(6-4-11)17(19)20/h1-8,14H,9H2. The number of carbonyl (C=O) groups excluding carboxylic acids is 1. The zero-order valence-corrected chi connectivity index (χ0v) is 11.7. The van der Waals surface area contributed by atoms with E-state index in [1.54, 1.807) is 29.4 Å². The third-order valence-electron chi connectivity index (χ3n) is 3.18. The second-order valence-corrected chi connectivity index (χ2v) is 5.56. The third-order valence-corrected chi connectivity index (χ3v) is 4.39. The first-order chi connectivity index (χ1) is 10.2. The first kappa shape index (κ1) is 13.6. The maximum atomic E-state index is 12.1. The van der Waals surface area contributed by atoms with E-state index in [1.165, 1.54) is 23.9 Å². The van der Waals surface area contributed by atoms with Crippen LogP contribution in [0.15, 0.2) is 48.8 Å². The number of anilines is 1. The molecule has 1 aliphatic heterocycles. The number of nitrogens with zero attached hydrogens (tertiary/aromatic N) is 3. The van der Waals surface area contributed by atoms with Gasteiger partial charge in [-0.3, -0.25) is 24.8 Å². The van der Waals surface area contributed by atoms with Crippen molar-refractivity contribution in [3.05, 3.63) is 64.5 Å². The highest BCUT2D eigenvalue weighted by atomic mass is 32.2. The van der Waals surface area contributed by atoms with Crippen molar-refractivity contribution in [3.63, 3.8) is 0 Å². The zero-order chi connectivity index (χ0) is 14.8. The monoisotopic (exact) mass is 301 g/mol. The molecule has 1 aromatic carbocycles. The predicted octanol–water partition coefficient (Wildman–Crippen LogP) is 2.77. The molecule has 0 N–H and O–H groups in total.